The number of halogens is 1. The fourth-order valence-electron chi connectivity index (χ4n) is 3.73. The molecular weight excluding hydrogens is 192 g/mol. The minimum atomic E-state index is 0.507. The molecule has 0 aromatic heterocycles. The normalized spacial score (nSPS) is 44.1. The summed E-state index contributed by atoms with van der Waals surface area (Å²) in [7, 11) is 0. The van der Waals surface area contributed by atoms with E-state index in [9.17, 15) is 0 Å². The summed E-state index contributed by atoms with van der Waals surface area (Å²) in [5.74, 6) is 2.83. The number of rotatable bonds is 2. The zero-order chi connectivity index (χ0) is 9.97. The van der Waals surface area contributed by atoms with Crippen molar-refractivity contribution in [3.63, 3.8) is 0 Å². The molecule has 2 fully saturated rings. The topological polar surface area (TPSA) is 0 Å². The van der Waals surface area contributed by atoms with Gasteiger partial charge >= 0.3 is 0 Å². The van der Waals surface area contributed by atoms with Crippen molar-refractivity contribution in [2.24, 2.45) is 17.8 Å². The van der Waals surface area contributed by atoms with E-state index in [1.807, 2.05) is 0 Å². The van der Waals surface area contributed by atoms with Crippen LogP contribution in [0.4, 0.5) is 0 Å². The van der Waals surface area contributed by atoms with Crippen LogP contribution in [-0.2, 0) is 0 Å². The molecule has 82 valence electrons. The molecule has 0 heterocycles. The van der Waals surface area contributed by atoms with Gasteiger partial charge < -0.3 is 0 Å². The molecule has 0 aromatic carbocycles. The van der Waals surface area contributed by atoms with E-state index in [1.165, 1.54) is 51.4 Å². The van der Waals surface area contributed by atoms with E-state index >= 15 is 0 Å². The predicted molar refractivity (Wildman–Crippen MR) is 62.7 cm³/mol. The van der Waals surface area contributed by atoms with Gasteiger partial charge in [-0.2, -0.15) is 0 Å². The summed E-state index contributed by atoms with van der Waals surface area (Å²) in [6.45, 7) is 2.36. The maximum Gasteiger partial charge on any atom is 0.0367 e. The maximum absolute atomic E-state index is 6.43. The van der Waals surface area contributed by atoms with Crippen molar-refractivity contribution in [3.05, 3.63) is 0 Å². The Bertz CT molecular complexity index is 178. The molecule has 0 amide bonds. The molecule has 0 spiro atoms. The highest BCUT2D eigenvalue weighted by molar-refractivity contribution is 6.20. The molecule has 0 saturated heterocycles. The lowest BCUT2D eigenvalue weighted by molar-refractivity contribution is 0.160. The second-order valence-corrected chi connectivity index (χ2v) is 5.79. The Balaban J connectivity index is 1.99. The van der Waals surface area contributed by atoms with Gasteiger partial charge in [0.05, 0.1) is 0 Å². The molecule has 2 rings (SSSR count). The Morgan fingerprint density at radius 3 is 2.29 bits per heavy atom. The van der Waals surface area contributed by atoms with E-state index in [1.54, 1.807) is 0 Å². The van der Waals surface area contributed by atoms with Gasteiger partial charge in [-0.1, -0.05) is 39.0 Å². The Labute approximate surface area is 93.4 Å². The van der Waals surface area contributed by atoms with Crippen LogP contribution in [0.25, 0.3) is 0 Å². The minimum absolute atomic E-state index is 0.507. The summed E-state index contributed by atoms with van der Waals surface area (Å²) in [5, 5.41) is 0.507. The average molecular weight is 215 g/mol. The highest BCUT2D eigenvalue weighted by Crippen LogP contribution is 2.45. The van der Waals surface area contributed by atoms with Crippen LogP contribution in [-0.4, -0.2) is 5.38 Å². The summed E-state index contributed by atoms with van der Waals surface area (Å²) < 4.78 is 0. The fraction of sp³-hybridized carbons (Fsp3) is 1.00. The van der Waals surface area contributed by atoms with Gasteiger partial charge in [-0.15, -0.1) is 11.6 Å². The summed E-state index contributed by atoms with van der Waals surface area (Å²) >= 11 is 6.43. The van der Waals surface area contributed by atoms with Gasteiger partial charge in [0, 0.05) is 5.38 Å². The first-order valence-corrected chi connectivity index (χ1v) is 6.90. The predicted octanol–water partition coefficient (Wildman–Crippen LogP) is 4.61. The second kappa shape index (κ2) is 4.88. The Kier molecular flexibility index (Phi) is 3.76. The van der Waals surface area contributed by atoms with E-state index in [-0.39, 0.29) is 0 Å². The van der Waals surface area contributed by atoms with E-state index in [0.717, 1.165) is 17.8 Å². The van der Waals surface area contributed by atoms with Gasteiger partial charge in [0.25, 0.3) is 0 Å². The molecule has 0 nitrogen and oxygen atoms in total. The van der Waals surface area contributed by atoms with Crippen LogP contribution >= 0.6 is 11.6 Å². The molecule has 14 heavy (non-hydrogen) atoms. The summed E-state index contributed by atoms with van der Waals surface area (Å²) in [6, 6.07) is 0. The first kappa shape index (κ1) is 10.8. The Morgan fingerprint density at radius 2 is 1.64 bits per heavy atom. The molecular formula is C13H23Cl. The highest BCUT2D eigenvalue weighted by atomic mass is 35.5. The van der Waals surface area contributed by atoms with Gasteiger partial charge in [-0.25, -0.2) is 0 Å². The van der Waals surface area contributed by atoms with E-state index in [2.05, 4.69) is 6.92 Å². The molecule has 0 aromatic rings. The molecule has 4 atom stereocenters. The molecule has 0 N–H and O–H groups in total. The average Bonchev–Trinajstić information content (AvgIpc) is 2.64. The van der Waals surface area contributed by atoms with Crippen LogP contribution in [0, 0.1) is 17.8 Å². The molecule has 4 unspecified atom stereocenters. The van der Waals surface area contributed by atoms with Crippen LogP contribution < -0.4 is 0 Å². The first-order chi connectivity index (χ1) is 6.83. The van der Waals surface area contributed by atoms with Crippen molar-refractivity contribution in [3.8, 4) is 0 Å². The third kappa shape index (κ3) is 2.10. The van der Waals surface area contributed by atoms with Crippen molar-refractivity contribution in [2.75, 3.05) is 0 Å². The SMILES string of the molecule is CCC1CCCCC1C1CCCC1Cl. The lowest BCUT2D eigenvalue weighted by atomic mass is 9.71. The van der Waals surface area contributed by atoms with Crippen molar-refractivity contribution in [1.82, 2.24) is 0 Å². The Hall–Kier alpha value is 0.290. The van der Waals surface area contributed by atoms with Crippen LogP contribution in [0.5, 0.6) is 0 Å². The van der Waals surface area contributed by atoms with Crippen molar-refractivity contribution in [1.29, 1.82) is 0 Å². The van der Waals surface area contributed by atoms with Crippen LogP contribution in [0.2, 0.25) is 0 Å². The van der Waals surface area contributed by atoms with Crippen LogP contribution in [0.1, 0.15) is 58.3 Å². The summed E-state index contributed by atoms with van der Waals surface area (Å²) in [4.78, 5) is 0. The van der Waals surface area contributed by atoms with Gasteiger partial charge in [-0.05, 0) is 37.0 Å². The van der Waals surface area contributed by atoms with Gasteiger partial charge in [-0.3, -0.25) is 0 Å². The first-order valence-electron chi connectivity index (χ1n) is 6.47. The van der Waals surface area contributed by atoms with Gasteiger partial charge in [0.15, 0.2) is 0 Å². The Morgan fingerprint density at radius 1 is 0.929 bits per heavy atom. The van der Waals surface area contributed by atoms with Crippen molar-refractivity contribution >= 4 is 11.6 Å². The summed E-state index contributed by atoms with van der Waals surface area (Å²) in [6.07, 6.45) is 11.3. The molecule has 2 aliphatic rings. The van der Waals surface area contributed by atoms with Crippen LogP contribution in [0.3, 0.4) is 0 Å². The van der Waals surface area contributed by atoms with Crippen LogP contribution in [0.15, 0.2) is 0 Å². The smallest absolute Gasteiger partial charge is 0.0367 e. The van der Waals surface area contributed by atoms with Crippen molar-refractivity contribution < 1.29 is 0 Å². The van der Waals surface area contributed by atoms with Gasteiger partial charge in [0.1, 0.15) is 0 Å². The number of hydrogen-bond acceptors (Lipinski definition) is 0. The molecule has 2 aliphatic carbocycles. The molecule has 1 heteroatoms. The molecule has 0 radical (unpaired) electrons. The minimum Gasteiger partial charge on any atom is -0.123 e. The molecule has 0 aliphatic heterocycles. The zero-order valence-corrected chi connectivity index (χ0v) is 10.1. The van der Waals surface area contributed by atoms with Crippen molar-refractivity contribution in [2.45, 2.75) is 63.7 Å². The van der Waals surface area contributed by atoms with E-state index in [4.69, 9.17) is 11.6 Å². The van der Waals surface area contributed by atoms with E-state index in [0.29, 0.717) is 5.38 Å². The van der Waals surface area contributed by atoms with E-state index < -0.39 is 0 Å². The third-order valence-corrected chi connectivity index (χ3v) is 5.07. The maximum atomic E-state index is 6.43. The molecule has 2 saturated carbocycles. The monoisotopic (exact) mass is 214 g/mol. The lowest BCUT2D eigenvalue weighted by Crippen LogP contribution is -2.29. The number of hydrogen-bond donors (Lipinski definition) is 0. The third-order valence-electron chi connectivity index (χ3n) is 4.52. The molecule has 0 bridgehead atoms. The quantitative estimate of drug-likeness (QED) is 0.589. The highest BCUT2D eigenvalue weighted by Gasteiger charge is 2.36. The summed E-state index contributed by atoms with van der Waals surface area (Å²) in [5.41, 5.74) is 0. The standard InChI is InChI=1S/C13H23Cl/c1-2-10-6-3-4-7-11(10)12-8-5-9-13(12)14/h10-13H,2-9H2,1H3. The lowest BCUT2D eigenvalue weighted by Gasteiger charge is -2.36. The van der Waals surface area contributed by atoms with Gasteiger partial charge in [0.2, 0.25) is 0 Å². The number of alkyl halides is 1. The zero-order valence-electron chi connectivity index (χ0n) is 9.34. The second-order valence-electron chi connectivity index (χ2n) is 5.23. The fourth-order valence-corrected chi connectivity index (χ4v) is 4.20. The largest absolute Gasteiger partial charge is 0.123 e.